The first-order valence-electron chi connectivity index (χ1n) is 5.39. The van der Waals surface area contributed by atoms with Crippen LogP contribution in [0.4, 0.5) is 0 Å². The Morgan fingerprint density at radius 3 is 2.82 bits per heavy atom. The van der Waals surface area contributed by atoms with Crippen molar-refractivity contribution in [3.8, 4) is 0 Å². The Labute approximate surface area is 112 Å². The lowest BCUT2D eigenvalue weighted by molar-refractivity contribution is 0.0790. The molecular weight excluding hydrogens is 259 g/mol. The molecule has 1 heterocycles. The van der Waals surface area contributed by atoms with Crippen LogP contribution in [0.3, 0.4) is 0 Å². The Morgan fingerprint density at radius 1 is 1.53 bits per heavy atom. The number of likely N-dealkylation sites (tertiary alicyclic amines) is 1. The molecule has 1 atom stereocenters. The quantitative estimate of drug-likeness (QED) is 0.854. The average Bonchev–Trinajstić information content (AvgIpc) is 2.67. The van der Waals surface area contributed by atoms with Crippen LogP contribution in [0.25, 0.3) is 0 Å². The molecule has 1 fully saturated rings. The number of aryl methyl sites for hydroxylation is 1. The van der Waals surface area contributed by atoms with E-state index in [4.69, 9.17) is 17.3 Å². The van der Waals surface area contributed by atoms with Crippen LogP contribution in [0.1, 0.15) is 22.3 Å². The van der Waals surface area contributed by atoms with Crippen LogP contribution < -0.4 is 5.73 Å². The van der Waals surface area contributed by atoms with Crippen LogP contribution in [-0.2, 0) is 0 Å². The van der Waals surface area contributed by atoms with Crippen molar-refractivity contribution in [2.45, 2.75) is 19.4 Å². The number of halogens is 2. The Bertz CT molecular complexity index is 423. The van der Waals surface area contributed by atoms with E-state index in [2.05, 4.69) is 0 Å². The number of carbonyl (C=O) groups excluding carboxylic acids is 1. The monoisotopic (exact) mass is 274 g/mol. The third-order valence-corrected chi connectivity index (χ3v) is 3.18. The topological polar surface area (TPSA) is 46.3 Å². The van der Waals surface area contributed by atoms with Gasteiger partial charge in [0.05, 0.1) is 0 Å². The van der Waals surface area contributed by atoms with Crippen molar-refractivity contribution in [1.82, 2.24) is 4.90 Å². The number of hydrogen-bond acceptors (Lipinski definition) is 2. The molecule has 17 heavy (non-hydrogen) atoms. The van der Waals surface area contributed by atoms with E-state index in [1.165, 1.54) is 0 Å². The predicted molar refractivity (Wildman–Crippen MR) is 71.9 cm³/mol. The molecule has 0 saturated carbocycles. The predicted octanol–water partition coefficient (Wildman–Crippen LogP) is 2.24. The molecule has 3 nitrogen and oxygen atoms in total. The van der Waals surface area contributed by atoms with Gasteiger partial charge in [-0.15, -0.1) is 12.4 Å². The number of rotatable bonds is 1. The molecule has 1 amide bonds. The van der Waals surface area contributed by atoms with Gasteiger partial charge < -0.3 is 10.6 Å². The number of benzene rings is 1. The van der Waals surface area contributed by atoms with E-state index >= 15 is 0 Å². The first-order chi connectivity index (χ1) is 7.58. The lowest BCUT2D eigenvalue weighted by Crippen LogP contribution is -2.32. The summed E-state index contributed by atoms with van der Waals surface area (Å²) in [4.78, 5) is 14.0. The number of nitrogens with two attached hydrogens (primary N) is 1. The molecule has 1 aromatic carbocycles. The third kappa shape index (κ3) is 3.12. The summed E-state index contributed by atoms with van der Waals surface area (Å²) in [5, 5.41) is 0.595. The minimum absolute atomic E-state index is 0. The maximum Gasteiger partial charge on any atom is 0.254 e. The molecule has 1 aliphatic heterocycles. The van der Waals surface area contributed by atoms with Crippen molar-refractivity contribution in [1.29, 1.82) is 0 Å². The van der Waals surface area contributed by atoms with Gasteiger partial charge in [-0.1, -0.05) is 17.7 Å². The van der Waals surface area contributed by atoms with Crippen molar-refractivity contribution in [2.24, 2.45) is 5.73 Å². The van der Waals surface area contributed by atoms with Crippen molar-refractivity contribution in [3.63, 3.8) is 0 Å². The largest absolute Gasteiger partial charge is 0.337 e. The van der Waals surface area contributed by atoms with Gasteiger partial charge in [0.2, 0.25) is 0 Å². The molecule has 0 bridgehead atoms. The van der Waals surface area contributed by atoms with Crippen molar-refractivity contribution < 1.29 is 4.79 Å². The Balaban J connectivity index is 0.00000144. The Morgan fingerprint density at radius 2 is 2.24 bits per heavy atom. The molecule has 0 aliphatic carbocycles. The molecule has 2 N–H and O–H groups in total. The molecule has 5 heteroatoms. The summed E-state index contributed by atoms with van der Waals surface area (Å²) in [6.07, 6.45) is 0.880. The Kier molecular flexibility index (Phi) is 4.80. The highest BCUT2D eigenvalue weighted by Gasteiger charge is 2.25. The smallest absolute Gasteiger partial charge is 0.254 e. The molecule has 2 rings (SSSR count). The van der Waals surface area contributed by atoms with E-state index in [1.54, 1.807) is 17.0 Å². The Hall–Kier alpha value is -0.770. The molecule has 0 radical (unpaired) electrons. The first-order valence-corrected chi connectivity index (χ1v) is 5.76. The molecule has 1 aliphatic rings. The van der Waals surface area contributed by atoms with Crippen LogP contribution in [0.5, 0.6) is 0 Å². The summed E-state index contributed by atoms with van der Waals surface area (Å²) in [5.41, 5.74) is 7.42. The van der Waals surface area contributed by atoms with Crippen LogP contribution in [-0.4, -0.2) is 29.9 Å². The summed E-state index contributed by atoms with van der Waals surface area (Å²) in [6, 6.07) is 5.50. The van der Waals surface area contributed by atoms with E-state index in [0.717, 1.165) is 18.5 Å². The maximum absolute atomic E-state index is 12.2. The van der Waals surface area contributed by atoms with Crippen molar-refractivity contribution in [2.75, 3.05) is 13.1 Å². The van der Waals surface area contributed by atoms with E-state index in [0.29, 0.717) is 17.1 Å². The van der Waals surface area contributed by atoms with Crippen LogP contribution in [0.2, 0.25) is 5.02 Å². The average molecular weight is 275 g/mol. The first kappa shape index (κ1) is 14.3. The van der Waals surface area contributed by atoms with Gasteiger partial charge in [0.1, 0.15) is 0 Å². The zero-order chi connectivity index (χ0) is 11.7. The highest BCUT2D eigenvalue weighted by atomic mass is 35.5. The maximum atomic E-state index is 12.2. The van der Waals surface area contributed by atoms with Gasteiger partial charge in [0.25, 0.3) is 5.91 Å². The second kappa shape index (κ2) is 5.71. The van der Waals surface area contributed by atoms with Gasteiger partial charge in [0, 0.05) is 29.7 Å². The molecule has 0 aromatic heterocycles. The normalized spacial score (nSPS) is 19.0. The zero-order valence-electron chi connectivity index (χ0n) is 9.65. The van der Waals surface area contributed by atoms with Crippen molar-refractivity contribution >= 4 is 29.9 Å². The highest BCUT2D eigenvalue weighted by Crippen LogP contribution is 2.19. The second-order valence-corrected chi connectivity index (χ2v) is 4.70. The second-order valence-electron chi connectivity index (χ2n) is 4.26. The fourth-order valence-electron chi connectivity index (χ4n) is 1.97. The van der Waals surface area contributed by atoms with E-state index in [1.807, 2.05) is 13.0 Å². The third-order valence-electron chi connectivity index (χ3n) is 2.94. The summed E-state index contributed by atoms with van der Waals surface area (Å²) in [6.45, 7) is 3.30. The lowest BCUT2D eigenvalue weighted by Gasteiger charge is -2.17. The van der Waals surface area contributed by atoms with Gasteiger partial charge in [-0.2, -0.15) is 0 Å². The fraction of sp³-hybridized carbons (Fsp3) is 0.417. The van der Waals surface area contributed by atoms with Crippen LogP contribution in [0.15, 0.2) is 18.2 Å². The number of amides is 1. The van der Waals surface area contributed by atoms with Gasteiger partial charge in [-0.25, -0.2) is 0 Å². The molecule has 1 aromatic rings. The molecule has 1 unspecified atom stereocenters. The zero-order valence-corrected chi connectivity index (χ0v) is 11.2. The van der Waals surface area contributed by atoms with E-state index in [9.17, 15) is 4.79 Å². The van der Waals surface area contributed by atoms with Gasteiger partial charge in [0.15, 0.2) is 0 Å². The highest BCUT2D eigenvalue weighted by molar-refractivity contribution is 6.31. The summed E-state index contributed by atoms with van der Waals surface area (Å²) in [7, 11) is 0. The molecular formula is C12H16Cl2N2O. The van der Waals surface area contributed by atoms with Gasteiger partial charge in [-0.05, 0) is 31.0 Å². The SMILES string of the molecule is Cc1ccc(Cl)cc1C(=O)N1CCC(N)C1.Cl. The lowest BCUT2D eigenvalue weighted by atomic mass is 10.1. The summed E-state index contributed by atoms with van der Waals surface area (Å²) < 4.78 is 0. The van der Waals surface area contributed by atoms with E-state index in [-0.39, 0.29) is 24.4 Å². The molecule has 1 saturated heterocycles. The fourth-order valence-corrected chi connectivity index (χ4v) is 2.14. The standard InChI is InChI=1S/C12H15ClN2O.ClH/c1-8-2-3-9(13)6-11(8)12(16)15-5-4-10(14)7-15;/h2-3,6,10H,4-5,7,14H2,1H3;1H. The van der Waals surface area contributed by atoms with Crippen molar-refractivity contribution in [3.05, 3.63) is 34.3 Å². The summed E-state index contributed by atoms with van der Waals surface area (Å²) in [5.74, 6) is 0.0351. The van der Waals surface area contributed by atoms with E-state index < -0.39 is 0 Å². The molecule has 0 spiro atoms. The number of carbonyl (C=O) groups is 1. The van der Waals surface area contributed by atoms with Crippen LogP contribution >= 0.6 is 24.0 Å². The number of hydrogen-bond donors (Lipinski definition) is 1. The molecule has 94 valence electrons. The van der Waals surface area contributed by atoms with Gasteiger partial charge >= 0.3 is 0 Å². The van der Waals surface area contributed by atoms with Gasteiger partial charge in [-0.3, -0.25) is 4.79 Å². The number of nitrogens with zero attached hydrogens (tertiary/aromatic N) is 1. The van der Waals surface area contributed by atoms with Crippen LogP contribution in [0, 0.1) is 6.92 Å². The minimum atomic E-state index is 0. The summed E-state index contributed by atoms with van der Waals surface area (Å²) >= 11 is 5.90. The minimum Gasteiger partial charge on any atom is -0.337 e.